The van der Waals surface area contributed by atoms with Crippen LogP contribution in [0.5, 0.6) is 0 Å². The Morgan fingerprint density at radius 1 is 1.14 bits per heavy atom. The van der Waals surface area contributed by atoms with Gasteiger partial charge in [-0.05, 0) is 30.6 Å². The maximum atomic E-state index is 7.17. The second-order valence-corrected chi connectivity index (χ2v) is 4.69. The first kappa shape index (κ1) is 13.7. The molecule has 0 aromatic rings. The van der Waals surface area contributed by atoms with E-state index in [0.29, 0.717) is 5.41 Å². The topological polar surface area (TPSA) is 60.7 Å². The first-order valence-electron chi connectivity index (χ1n) is 5.03. The molecule has 0 saturated carbocycles. The van der Waals surface area contributed by atoms with Gasteiger partial charge in [0.15, 0.2) is 0 Å². The van der Waals surface area contributed by atoms with Gasteiger partial charge in [0.1, 0.15) is 0 Å². The summed E-state index contributed by atoms with van der Waals surface area (Å²) in [6.45, 7) is 7.03. The molecule has 0 spiro atoms. The maximum absolute atomic E-state index is 7.17. The fraction of sp³-hybridized carbons (Fsp3) is 0.800. The third kappa shape index (κ3) is 7.12. The van der Waals surface area contributed by atoms with Crippen molar-refractivity contribution in [2.45, 2.75) is 40.0 Å². The lowest BCUT2D eigenvalue weighted by Gasteiger charge is -2.31. The second-order valence-electron chi connectivity index (χ2n) is 4.69. The Hall–Kier alpha value is -0.315. The van der Waals surface area contributed by atoms with Gasteiger partial charge in [0.25, 0.3) is 0 Å². The van der Waals surface area contributed by atoms with E-state index in [2.05, 4.69) is 32.9 Å². The summed E-state index contributed by atoms with van der Waals surface area (Å²) in [6, 6.07) is 0. The molecule has 1 rings (SSSR count). The fourth-order valence-electron chi connectivity index (χ4n) is 1.58. The molecule has 0 fully saturated rings. The smallest absolute Gasteiger partial charge is 0.402 e. The Bertz CT molecular complexity index is 170. The van der Waals surface area contributed by atoms with Crippen LogP contribution in [0, 0.1) is 11.3 Å². The van der Waals surface area contributed by atoms with E-state index in [9.17, 15) is 0 Å². The lowest BCUT2D eigenvalue weighted by Crippen LogP contribution is -2.20. The van der Waals surface area contributed by atoms with E-state index in [1.165, 1.54) is 19.3 Å². The van der Waals surface area contributed by atoms with Crippen LogP contribution in [-0.2, 0) is 0 Å². The van der Waals surface area contributed by atoms with E-state index in [-0.39, 0.29) is 0 Å². The van der Waals surface area contributed by atoms with Gasteiger partial charge in [-0.3, -0.25) is 0 Å². The molecule has 0 amide bonds. The Morgan fingerprint density at radius 3 is 1.86 bits per heavy atom. The molecule has 0 aromatic heterocycles. The van der Waals surface area contributed by atoms with Crippen molar-refractivity contribution in [1.29, 1.82) is 0 Å². The predicted molar refractivity (Wildman–Crippen MR) is 58.3 cm³/mol. The number of hydrogen-bond donors (Lipinski definition) is 3. The highest BCUT2D eigenvalue weighted by molar-refractivity contribution is 6.30. The molecule has 0 aromatic carbocycles. The minimum Gasteiger partial charge on any atom is -0.402 e. The van der Waals surface area contributed by atoms with Gasteiger partial charge in [-0.2, -0.15) is 0 Å². The van der Waals surface area contributed by atoms with Crippen LogP contribution < -0.4 is 0 Å². The zero-order valence-corrected chi connectivity index (χ0v) is 9.27. The summed E-state index contributed by atoms with van der Waals surface area (Å²) in [5.74, 6) is 0.914. The van der Waals surface area contributed by atoms with Crippen molar-refractivity contribution in [3.63, 3.8) is 0 Å². The molecule has 0 radical (unpaired) electrons. The van der Waals surface area contributed by atoms with Crippen molar-refractivity contribution in [2.24, 2.45) is 11.3 Å². The van der Waals surface area contributed by atoms with Crippen LogP contribution >= 0.6 is 0 Å². The van der Waals surface area contributed by atoms with Crippen molar-refractivity contribution in [1.82, 2.24) is 0 Å². The second kappa shape index (κ2) is 6.22. The van der Waals surface area contributed by atoms with Crippen LogP contribution in [0.2, 0.25) is 0 Å². The third-order valence-corrected chi connectivity index (χ3v) is 2.49. The fourth-order valence-corrected chi connectivity index (χ4v) is 1.58. The molecule has 1 unspecified atom stereocenters. The minimum atomic E-state index is -2.17. The Morgan fingerprint density at radius 2 is 1.64 bits per heavy atom. The van der Waals surface area contributed by atoms with Crippen molar-refractivity contribution in [3.8, 4) is 0 Å². The molecule has 0 saturated heterocycles. The molecule has 4 heteroatoms. The summed E-state index contributed by atoms with van der Waals surface area (Å²) in [5.41, 5.74) is 0.519. The Balaban J connectivity index is 0.000000364. The number of rotatable bonds is 0. The third-order valence-electron chi connectivity index (χ3n) is 2.49. The van der Waals surface area contributed by atoms with Gasteiger partial charge >= 0.3 is 7.32 Å². The normalized spacial score (nSPS) is 21.1. The van der Waals surface area contributed by atoms with Crippen molar-refractivity contribution < 1.29 is 15.1 Å². The van der Waals surface area contributed by atoms with Gasteiger partial charge in [0, 0.05) is 0 Å². The Labute approximate surface area is 86.6 Å². The molecular weight excluding hydrogens is 179 g/mol. The quantitative estimate of drug-likeness (QED) is 0.408. The molecule has 0 heterocycles. The van der Waals surface area contributed by atoms with E-state index in [0.717, 1.165) is 5.92 Å². The SMILES string of the molecule is CC(C)(C)C1CC=CCC1.OB(O)O. The Kier molecular flexibility index (Phi) is 6.08. The van der Waals surface area contributed by atoms with Crippen LogP contribution in [0.4, 0.5) is 0 Å². The maximum Gasteiger partial charge on any atom is 0.631 e. The van der Waals surface area contributed by atoms with Crippen molar-refractivity contribution >= 4 is 7.32 Å². The zero-order chi connectivity index (χ0) is 11.2. The van der Waals surface area contributed by atoms with Crippen LogP contribution in [0.1, 0.15) is 40.0 Å². The van der Waals surface area contributed by atoms with Crippen LogP contribution in [0.25, 0.3) is 0 Å². The molecule has 14 heavy (non-hydrogen) atoms. The average Bonchev–Trinajstić information content (AvgIpc) is 2.03. The molecule has 0 bridgehead atoms. The zero-order valence-electron chi connectivity index (χ0n) is 9.27. The molecule has 82 valence electrons. The number of allylic oxidation sites excluding steroid dienone is 2. The molecule has 1 aliphatic rings. The van der Waals surface area contributed by atoms with Crippen molar-refractivity contribution in [3.05, 3.63) is 12.2 Å². The van der Waals surface area contributed by atoms with E-state index >= 15 is 0 Å². The van der Waals surface area contributed by atoms with Crippen LogP contribution in [0.15, 0.2) is 12.2 Å². The summed E-state index contributed by atoms with van der Waals surface area (Å²) in [4.78, 5) is 0. The van der Waals surface area contributed by atoms with E-state index in [1.807, 2.05) is 0 Å². The van der Waals surface area contributed by atoms with E-state index in [4.69, 9.17) is 15.1 Å². The first-order chi connectivity index (χ1) is 6.34. The monoisotopic (exact) mass is 200 g/mol. The van der Waals surface area contributed by atoms with E-state index in [1.54, 1.807) is 0 Å². The summed E-state index contributed by atoms with van der Waals surface area (Å²) < 4.78 is 0. The first-order valence-corrected chi connectivity index (χ1v) is 5.03. The van der Waals surface area contributed by atoms with Gasteiger partial charge in [-0.15, -0.1) is 0 Å². The van der Waals surface area contributed by atoms with Gasteiger partial charge in [0.05, 0.1) is 0 Å². The predicted octanol–water partition coefficient (Wildman–Crippen LogP) is 1.34. The molecular formula is C10H21BO3. The standard InChI is InChI=1S/C10H18.BH3O3/c1-10(2,3)9-7-5-4-6-8-9;2-1(3)4/h4-5,9H,6-8H2,1-3H3;2-4H. The van der Waals surface area contributed by atoms with Crippen molar-refractivity contribution in [2.75, 3.05) is 0 Å². The highest BCUT2D eigenvalue weighted by atomic mass is 16.5. The van der Waals surface area contributed by atoms with Gasteiger partial charge in [-0.1, -0.05) is 32.9 Å². The molecule has 3 nitrogen and oxygen atoms in total. The van der Waals surface area contributed by atoms with Gasteiger partial charge < -0.3 is 15.1 Å². The highest BCUT2D eigenvalue weighted by Gasteiger charge is 2.23. The van der Waals surface area contributed by atoms with Crippen LogP contribution in [-0.4, -0.2) is 22.4 Å². The largest absolute Gasteiger partial charge is 0.631 e. The highest BCUT2D eigenvalue weighted by Crippen LogP contribution is 2.34. The van der Waals surface area contributed by atoms with Gasteiger partial charge in [-0.25, -0.2) is 0 Å². The summed E-state index contributed by atoms with van der Waals surface area (Å²) >= 11 is 0. The molecule has 1 atom stereocenters. The molecule has 3 N–H and O–H groups in total. The lowest BCUT2D eigenvalue weighted by atomic mass is 9.74. The molecule has 1 aliphatic carbocycles. The minimum absolute atomic E-state index is 0.519. The summed E-state index contributed by atoms with van der Waals surface area (Å²) in [5, 5.41) is 21.5. The van der Waals surface area contributed by atoms with Gasteiger partial charge in [0.2, 0.25) is 0 Å². The lowest BCUT2D eigenvalue weighted by molar-refractivity contribution is 0.223. The van der Waals surface area contributed by atoms with Crippen LogP contribution in [0.3, 0.4) is 0 Å². The number of hydrogen-bond acceptors (Lipinski definition) is 3. The van der Waals surface area contributed by atoms with E-state index < -0.39 is 7.32 Å². The summed E-state index contributed by atoms with van der Waals surface area (Å²) in [7, 11) is -2.17. The average molecular weight is 200 g/mol. The molecule has 0 aliphatic heterocycles. The summed E-state index contributed by atoms with van der Waals surface area (Å²) in [6.07, 6.45) is 8.62.